The summed E-state index contributed by atoms with van der Waals surface area (Å²) in [5.74, 6) is -0.602. The number of nitrogens with one attached hydrogen (secondary N) is 1. The van der Waals surface area contributed by atoms with Gasteiger partial charge in [0.1, 0.15) is 0 Å². The number of hydrogen-bond donors (Lipinski definition) is 2. The molecule has 5 nitrogen and oxygen atoms in total. The molecule has 5 heteroatoms. The number of carboxylic acid groups (broad SMARTS) is 1. The molecule has 0 bridgehead atoms. The minimum absolute atomic E-state index is 0.0592. The molecule has 120 valence electrons. The van der Waals surface area contributed by atoms with E-state index in [4.69, 9.17) is 5.11 Å². The third-order valence-electron chi connectivity index (χ3n) is 5.01. The third kappa shape index (κ3) is 4.43. The van der Waals surface area contributed by atoms with Gasteiger partial charge in [-0.15, -0.1) is 0 Å². The second kappa shape index (κ2) is 7.25. The Morgan fingerprint density at radius 1 is 1.24 bits per heavy atom. The lowest BCUT2D eigenvalue weighted by atomic mass is 9.81. The van der Waals surface area contributed by atoms with Gasteiger partial charge in [-0.3, -0.25) is 9.59 Å². The summed E-state index contributed by atoms with van der Waals surface area (Å²) in [6.07, 6.45) is 4.04. The molecule has 1 heterocycles. The standard InChI is InChI=1S/C16H28N2O3/c1-11(2)18-7-6-12(10-18)9-17-15(19)13-4-3-5-14(8-13)16(20)21/h11-14H,3-10H2,1-2H3,(H,17,19)(H,20,21). The summed E-state index contributed by atoms with van der Waals surface area (Å²) in [7, 11) is 0. The van der Waals surface area contributed by atoms with Crippen molar-refractivity contribution in [2.45, 2.75) is 52.0 Å². The fourth-order valence-corrected chi connectivity index (χ4v) is 3.54. The maximum atomic E-state index is 12.2. The predicted octanol–water partition coefficient (Wildman–Crippen LogP) is 1.72. The molecule has 3 unspecified atom stereocenters. The van der Waals surface area contributed by atoms with Gasteiger partial charge in [-0.2, -0.15) is 0 Å². The van der Waals surface area contributed by atoms with Crippen LogP contribution in [0.5, 0.6) is 0 Å². The Morgan fingerprint density at radius 2 is 1.95 bits per heavy atom. The van der Waals surface area contributed by atoms with Crippen LogP contribution in [-0.4, -0.2) is 47.6 Å². The van der Waals surface area contributed by atoms with Gasteiger partial charge in [-0.1, -0.05) is 6.42 Å². The molecular formula is C16H28N2O3. The van der Waals surface area contributed by atoms with Gasteiger partial charge in [0, 0.05) is 25.0 Å². The summed E-state index contributed by atoms with van der Waals surface area (Å²) in [5, 5.41) is 12.1. The molecule has 0 aromatic carbocycles. The van der Waals surface area contributed by atoms with Gasteiger partial charge >= 0.3 is 5.97 Å². The minimum atomic E-state index is -0.754. The summed E-state index contributed by atoms with van der Waals surface area (Å²) in [6.45, 7) is 7.31. The van der Waals surface area contributed by atoms with E-state index in [-0.39, 0.29) is 17.7 Å². The van der Waals surface area contributed by atoms with Crippen LogP contribution < -0.4 is 5.32 Å². The molecular weight excluding hydrogens is 268 g/mol. The van der Waals surface area contributed by atoms with Gasteiger partial charge < -0.3 is 15.3 Å². The highest BCUT2D eigenvalue weighted by Gasteiger charge is 2.31. The van der Waals surface area contributed by atoms with E-state index < -0.39 is 5.97 Å². The van der Waals surface area contributed by atoms with E-state index in [1.165, 1.54) is 0 Å². The molecule has 2 aliphatic rings. The molecule has 1 amide bonds. The highest BCUT2D eigenvalue weighted by molar-refractivity contribution is 5.80. The fraction of sp³-hybridized carbons (Fsp3) is 0.875. The maximum absolute atomic E-state index is 12.2. The zero-order valence-electron chi connectivity index (χ0n) is 13.2. The Bertz CT molecular complexity index is 384. The number of rotatable bonds is 5. The van der Waals surface area contributed by atoms with Gasteiger partial charge in [0.05, 0.1) is 5.92 Å². The van der Waals surface area contributed by atoms with Crippen molar-refractivity contribution in [3.05, 3.63) is 0 Å². The lowest BCUT2D eigenvalue weighted by Crippen LogP contribution is -2.38. The zero-order valence-corrected chi connectivity index (χ0v) is 13.2. The van der Waals surface area contributed by atoms with Crippen molar-refractivity contribution >= 4 is 11.9 Å². The van der Waals surface area contributed by atoms with Crippen molar-refractivity contribution < 1.29 is 14.7 Å². The lowest BCUT2D eigenvalue weighted by Gasteiger charge is -2.26. The van der Waals surface area contributed by atoms with Crippen molar-refractivity contribution in [1.82, 2.24) is 10.2 Å². The SMILES string of the molecule is CC(C)N1CCC(CNC(=O)C2CCCC(C(=O)O)C2)C1. The molecule has 2 fully saturated rings. The van der Waals surface area contributed by atoms with Gasteiger partial charge in [-0.25, -0.2) is 0 Å². The van der Waals surface area contributed by atoms with Crippen LogP contribution in [0, 0.1) is 17.8 Å². The number of nitrogens with zero attached hydrogens (tertiary/aromatic N) is 1. The molecule has 2 rings (SSSR count). The molecule has 0 radical (unpaired) electrons. The lowest BCUT2D eigenvalue weighted by molar-refractivity contribution is -0.144. The summed E-state index contributed by atoms with van der Waals surface area (Å²) >= 11 is 0. The third-order valence-corrected chi connectivity index (χ3v) is 5.01. The average molecular weight is 296 g/mol. The van der Waals surface area contributed by atoms with Crippen molar-refractivity contribution in [2.75, 3.05) is 19.6 Å². The van der Waals surface area contributed by atoms with E-state index in [0.717, 1.165) is 38.9 Å². The van der Waals surface area contributed by atoms with E-state index >= 15 is 0 Å². The summed E-state index contributed by atoms with van der Waals surface area (Å²) in [5.41, 5.74) is 0. The van der Waals surface area contributed by atoms with Gasteiger partial charge in [0.15, 0.2) is 0 Å². The van der Waals surface area contributed by atoms with E-state index in [9.17, 15) is 9.59 Å². The first kappa shape index (κ1) is 16.3. The number of carbonyl (C=O) groups excluding carboxylic acids is 1. The Hall–Kier alpha value is -1.10. The highest BCUT2D eigenvalue weighted by atomic mass is 16.4. The number of carbonyl (C=O) groups is 2. The molecule has 1 saturated carbocycles. The number of hydrogen-bond acceptors (Lipinski definition) is 3. The molecule has 21 heavy (non-hydrogen) atoms. The quantitative estimate of drug-likeness (QED) is 0.810. The van der Waals surface area contributed by atoms with Crippen LogP contribution in [0.25, 0.3) is 0 Å². The van der Waals surface area contributed by atoms with Gasteiger partial charge in [0.2, 0.25) is 5.91 Å². The van der Waals surface area contributed by atoms with E-state index in [2.05, 4.69) is 24.1 Å². The van der Waals surface area contributed by atoms with Crippen molar-refractivity contribution in [3.8, 4) is 0 Å². The predicted molar refractivity (Wildman–Crippen MR) is 80.9 cm³/mol. The Morgan fingerprint density at radius 3 is 2.57 bits per heavy atom. The molecule has 0 spiro atoms. The van der Waals surface area contributed by atoms with E-state index in [0.29, 0.717) is 24.8 Å². The Balaban J connectivity index is 1.73. The van der Waals surface area contributed by atoms with Crippen LogP contribution in [0.3, 0.4) is 0 Å². The first-order chi connectivity index (χ1) is 9.97. The molecule has 0 aromatic rings. The van der Waals surface area contributed by atoms with Crippen LogP contribution in [-0.2, 0) is 9.59 Å². The second-order valence-electron chi connectivity index (χ2n) is 6.89. The molecule has 2 N–H and O–H groups in total. The first-order valence-electron chi connectivity index (χ1n) is 8.22. The average Bonchev–Trinajstić information content (AvgIpc) is 2.94. The number of carboxylic acids is 1. The topological polar surface area (TPSA) is 69.6 Å². The maximum Gasteiger partial charge on any atom is 0.306 e. The molecule has 0 aromatic heterocycles. The molecule has 1 saturated heterocycles. The second-order valence-corrected chi connectivity index (χ2v) is 6.89. The van der Waals surface area contributed by atoms with Crippen LogP contribution in [0.1, 0.15) is 46.0 Å². The largest absolute Gasteiger partial charge is 0.481 e. The van der Waals surface area contributed by atoms with Crippen LogP contribution in [0.2, 0.25) is 0 Å². The van der Waals surface area contributed by atoms with Crippen LogP contribution in [0.15, 0.2) is 0 Å². The fourth-order valence-electron chi connectivity index (χ4n) is 3.54. The summed E-state index contributed by atoms with van der Waals surface area (Å²) < 4.78 is 0. The highest BCUT2D eigenvalue weighted by Crippen LogP contribution is 2.29. The summed E-state index contributed by atoms with van der Waals surface area (Å²) in [4.78, 5) is 25.7. The van der Waals surface area contributed by atoms with E-state index in [1.807, 2.05) is 0 Å². The Kier molecular flexibility index (Phi) is 5.62. The Labute approximate surface area is 127 Å². The van der Waals surface area contributed by atoms with E-state index in [1.54, 1.807) is 0 Å². The monoisotopic (exact) mass is 296 g/mol. The van der Waals surface area contributed by atoms with Crippen LogP contribution in [0.4, 0.5) is 0 Å². The zero-order chi connectivity index (χ0) is 15.4. The minimum Gasteiger partial charge on any atom is -0.481 e. The normalized spacial score (nSPS) is 30.5. The number of amides is 1. The van der Waals surface area contributed by atoms with Crippen molar-refractivity contribution in [2.24, 2.45) is 17.8 Å². The number of likely N-dealkylation sites (tertiary alicyclic amines) is 1. The molecule has 1 aliphatic heterocycles. The first-order valence-corrected chi connectivity index (χ1v) is 8.22. The van der Waals surface area contributed by atoms with Crippen LogP contribution >= 0.6 is 0 Å². The molecule has 3 atom stereocenters. The van der Waals surface area contributed by atoms with Crippen molar-refractivity contribution in [1.29, 1.82) is 0 Å². The van der Waals surface area contributed by atoms with Gasteiger partial charge in [-0.05, 0) is 52.0 Å². The van der Waals surface area contributed by atoms with Gasteiger partial charge in [0.25, 0.3) is 0 Å². The smallest absolute Gasteiger partial charge is 0.306 e. The summed E-state index contributed by atoms with van der Waals surface area (Å²) in [6, 6.07) is 0.570. The number of aliphatic carboxylic acids is 1. The van der Waals surface area contributed by atoms with Crippen molar-refractivity contribution in [3.63, 3.8) is 0 Å². The molecule has 1 aliphatic carbocycles.